The molecule has 34 heavy (non-hydrogen) atoms. The Morgan fingerprint density at radius 1 is 1.15 bits per heavy atom. The van der Waals surface area contributed by atoms with E-state index in [4.69, 9.17) is 0 Å². The summed E-state index contributed by atoms with van der Waals surface area (Å²) in [5.74, 6) is -0.453. The van der Waals surface area contributed by atoms with Crippen LogP contribution in [-0.2, 0) is 19.2 Å². The summed E-state index contributed by atoms with van der Waals surface area (Å²) >= 11 is 0. The molecule has 8 atom stereocenters. The van der Waals surface area contributed by atoms with Crippen molar-refractivity contribution in [2.45, 2.75) is 86.0 Å². The van der Waals surface area contributed by atoms with Gasteiger partial charge in [-0.3, -0.25) is 19.2 Å². The summed E-state index contributed by atoms with van der Waals surface area (Å²) in [6.45, 7) is 14.2. The molecule has 0 amide bonds. The minimum Gasteiger partial charge on any atom is -0.481 e. The van der Waals surface area contributed by atoms with Crippen LogP contribution >= 0.6 is 0 Å². The van der Waals surface area contributed by atoms with Crippen LogP contribution in [0.25, 0.3) is 0 Å². The van der Waals surface area contributed by atoms with Gasteiger partial charge >= 0.3 is 5.97 Å². The van der Waals surface area contributed by atoms with Gasteiger partial charge in [0.1, 0.15) is 5.78 Å². The Hall–Kier alpha value is -2.04. The topological polar surface area (TPSA) is 88.5 Å². The van der Waals surface area contributed by atoms with Gasteiger partial charge in [-0.15, -0.1) is 0 Å². The van der Waals surface area contributed by atoms with E-state index in [1.165, 1.54) is 0 Å². The van der Waals surface area contributed by atoms with Crippen molar-refractivity contribution in [1.82, 2.24) is 0 Å². The second-order valence-electron chi connectivity index (χ2n) is 12.3. The van der Waals surface area contributed by atoms with E-state index in [-0.39, 0.29) is 45.9 Å². The lowest BCUT2D eigenvalue weighted by atomic mass is 9.48. The first-order valence-corrected chi connectivity index (χ1v) is 13.1. The van der Waals surface area contributed by atoms with E-state index in [1.807, 2.05) is 6.92 Å². The van der Waals surface area contributed by atoms with Crippen molar-refractivity contribution >= 4 is 23.3 Å². The lowest BCUT2D eigenvalue weighted by Crippen LogP contribution is -2.53. The number of ketones is 3. The molecule has 2 fully saturated rings. The van der Waals surface area contributed by atoms with E-state index in [0.29, 0.717) is 43.9 Å². The third-order valence-corrected chi connectivity index (χ3v) is 10.5. The fraction of sp³-hybridized carbons (Fsp3) is 0.724. The summed E-state index contributed by atoms with van der Waals surface area (Å²) < 4.78 is 0. The van der Waals surface area contributed by atoms with Crippen LogP contribution in [0.2, 0.25) is 0 Å². The summed E-state index contributed by atoms with van der Waals surface area (Å²) in [4.78, 5) is 51.1. The largest absolute Gasteiger partial charge is 0.481 e. The van der Waals surface area contributed by atoms with Crippen LogP contribution in [0.4, 0.5) is 0 Å². The highest BCUT2D eigenvalue weighted by atomic mass is 16.4. The van der Waals surface area contributed by atoms with Gasteiger partial charge in [0.25, 0.3) is 0 Å². The first-order valence-electron chi connectivity index (χ1n) is 13.1. The smallest absolute Gasteiger partial charge is 0.310 e. The summed E-state index contributed by atoms with van der Waals surface area (Å²) in [7, 11) is 0. The van der Waals surface area contributed by atoms with Crippen LogP contribution in [0, 0.1) is 46.3 Å². The quantitative estimate of drug-likeness (QED) is 0.514. The Labute approximate surface area is 203 Å². The van der Waals surface area contributed by atoms with Gasteiger partial charge < -0.3 is 5.11 Å². The Bertz CT molecular complexity index is 988. The van der Waals surface area contributed by atoms with Crippen molar-refractivity contribution in [1.29, 1.82) is 0 Å². The van der Waals surface area contributed by atoms with Gasteiger partial charge in [-0.2, -0.15) is 0 Å². The third kappa shape index (κ3) is 3.65. The van der Waals surface area contributed by atoms with Gasteiger partial charge in [0, 0.05) is 41.7 Å². The first kappa shape index (κ1) is 25.1. The van der Waals surface area contributed by atoms with E-state index < -0.39 is 11.9 Å². The number of carbonyl (C=O) groups excluding carboxylic acids is 3. The van der Waals surface area contributed by atoms with Gasteiger partial charge in [-0.25, -0.2) is 0 Å². The second-order valence-corrected chi connectivity index (χ2v) is 12.3. The number of allylic oxidation sites excluding steroid dienone is 2. The summed E-state index contributed by atoms with van der Waals surface area (Å²) in [6.07, 6.45) is 5.43. The molecule has 0 aromatic heterocycles. The number of hydrogen-bond acceptors (Lipinski definition) is 4. The Morgan fingerprint density at radius 2 is 1.82 bits per heavy atom. The second kappa shape index (κ2) is 8.57. The summed E-state index contributed by atoms with van der Waals surface area (Å²) in [5.41, 5.74) is 1.70. The van der Waals surface area contributed by atoms with Crippen LogP contribution in [0.5, 0.6) is 0 Å². The van der Waals surface area contributed by atoms with Gasteiger partial charge in [-0.1, -0.05) is 39.8 Å². The molecule has 0 aromatic rings. The zero-order valence-corrected chi connectivity index (χ0v) is 21.4. The van der Waals surface area contributed by atoms with E-state index in [9.17, 15) is 24.3 Å². The fourth-order valence-corrected chi connectivity index (χ4v) is 8.25. The van der Waals surface area contributed by atoms with Crippen molar-refractivity contribution < 1.29 is 24.3 Å². The van der Waals surface area contributed by atoms with E-state index in [2.05, 4.69) is 27.4 Å². The first-order chi connectivity index (χ1) is 15.8. The van der Waals surface area contributed by atoms with E-state index >= 15 is 0 Å². The van der Waals surface area contributed by atoms with Crippen LogP contribution < -0.4 is 0 Å². The number of carboxylic acid groups (broad SMARTS) is 1. The lowest BCUT2D eigenvalue weighted by molar-refractivity contribution is -0.140. The van der Waals surface area contributed by atoms with Crippen LogP contribution in [0.1, 0.15) is 86.0 Å². The normalized spacial score (nSPS) is 39.3. The third-order valence-electron chi connectivity index (χ3n) is 10.5. The zero-order chi connectivity index (χ0) is 25.2. The molecule has 0 saturated heterocycles. The van der Waals surface area contributed by atoms with Crippen molar-refractivity contribution in [3.05, 3.63) is 23.3 Å². The molecule has 186 valence electrons. The maximum absolute atomic E-state index is 13.8. The fourth-order valence-electron chi connectivity index (χ4n) is 8.25. The number of fused-ring (bicyclic) bond motifs is 4. The molecule has 5 nitrogen and oxygen atoms in total. The SMILES string of the molecule is C=C(CC[C@@H](C)[C@@H]1CC[C@@H]2C3=C(C(=O)C[C@]21C)[C@]1(C)CCC(=O)[C@@H](C)[C@H]1CC3=O)[C@@H](C)C(=O)O. The van der Waals surface area contributed by atoms with Crippen molar-refractivity contribution in [3.63, 3.8) is 0 Å². The predicted molar refractivity (Wildman–Crippen MR) is 130 cm³/mol. The maximum atomic E-state index is 13.8. The van der Waals surface area contributed by atoms with Crippen LogP contribution in [-0.4, -0.2) is 28.4 Å². The standard InChI is InChI=1S/C29H40O5/c1-15(17(3)27(33)34)7-8-16(2)19-9-10-20-25-23(31)13-21-18(4)22(30)11-12-28(21,5)26(25)24(32)14-29(19,20)6/h16-21H,1,7-14H2,2-6H3,(H,33,34)/t16-,17-,18+,19+,20-,21-,28-,29+/m1/s1. The highest BCUT2D eigenvalue weighted by Crippen LogP contribution is 2.64. The Morgan fingerprint density at radius 3 is 2.47 bits per heavy atom. The molecule has 4 rings (SSSR count). The number of rotatable bonds is 6. The summed E-state index contributed by atoms with van der Waals surface area (Å²) in [5, 5.41) is 9.27. The molecule has 0 radical (unpaired) electrons. The molecular weight excluding hydrogens is 428 g/mol. The molecular formula is C29H40O5. The minimum atomic E-state index is -0.843. The highest BCUT2D eigenvalue weighted by molar-refractivity contribution is 6.11. The van der Waals surface area contributed by atoms with Gasteiger partial charge in [0.15, 0.2) is 11.6 Å². The average molecular weight is 469 g/mol. The zero-order valence-electron chi connectivity index (χ0n) is 21.4. The molecule has 0 spiro atoms. The number of carboxylic acids is 1. The van der Waals surface area contributed by atoms with Crippen LogP contribution in [0.3, 0.4) is 0 Å². The van der Waals surface area contributed by atoms with Gasteiger partial charge in [0.05, 0.1) is 5.92 Å². The summed E-state index contributed by atoms with van der Waals surface area (Å²) in [6, 6.07) is 0. The molecule has 2 saturated carbocycles. The van der Waals surface area contributed by atoms with E-state index in [0.717, 1.165) is 36.0 Å². The molecule has 4 aliphatic carbocycles. The lowest BCUT2D eigenvalue weighted by Gasteiger charge is -2.53. The minimum absolute atomic E-state index is 0.0633. The molecule has 1 N–H and O–H groups in total. The van der Waals surface area contributed by atoms with Crippen LogP contribution in [0.15, 0.2) is 23.3 Å². The number of Topliss-reactive ketones (excluding diaryl/α,β-unsaturated/α-hetero) is 3. The van der Waals surface area contributed by atoms with Crippen molar-refractivity contribution in [3.8, 4) is 0 Å². The highest BCUT2D eigenvalue weighted by Gasteiger charge is 2.61. The van der Waals surface area contributed by atoms with Crippen molar-refractivity contribution in [2.75, 3.05) is 0 Å². The predicted octanol–water partition coefficient (Wildman–Crippen LogP) is 5.58. The van der Waals surface area contributed by atoms with Gasteiger partial charge in [-0.05, 0) is 68.1 Å². The maximum Gasteiger partial charge on any atom is 0.310 e. The Kier molecular flexibility index (Phi) is 6.31. The molecule has 0 aromatic carbocycles. The molecule has 0 unspecified atom stereocenters. The number of aliphatic carboxylic acids is 1. The number of carbonyl (C=O) groups is 4. The Balaban J connectivity index is 1.61. The number of hydrogen-bond donors (Lipinski definition) is 1. The monoisotopic (exact) mass is 468 g/mol. The van der Waals surface area contributed by atoms with Gasteiger partial charge in [0.2, 0.25) is 0 Å². The molecule has 0 aliphatic heterocycles. The van der Waals surface area contributed by atoms with Crippen molar-refractivity contribution in [2.24, 2.45) is 46.3 Å². The molecule has 4 aliphatic rings. The molecule has 0 bridgehead atoms. The average Bonchev–Trinajstić information content (AvgIpc) is 3.11. The van der Waals surface area contributed by atoms with E-state index in [1.54, 1.807) is 6.92 Å². The molecule has 5 heteroatoms. The molecule has 0 heterocycles.